The second-order valence-corrected chi connectivity index (χ2v) is 3.94. The van der Waals surface area contributed by atoms with Crippen molar-refractivity contribution < 1.29 is 14.2 Å². The van der Waals surface area contributed by atoms with Gasteiger partial charge in [0.05, 0.1) is 12.8 Å². The molecule has 0 atom stereocenters. The van der Waals surface area contributed by atoms with Gasteiger partial charge in [0, 0.05) is 18.5 Å². The molecule has 98 valence electrons. The van der Waals surface area contributed by atoms with E-state index >= 15 is 0 Å². The molecule has 0 fully saturated rings. The molecule has 2 heterocycles. The molecule has 6 heteroatoms. The lowest BCUT2D eigenvalue weighted by molar-refractivity contribution is 0.171. The van der Waals surface area contributed by atoms with Crippen LogP contribution in [-0.2, 0) is 0 Å². The van der Waals surface area contributed by atoms with Crippen molar-refractivity contribution in [3.63, 3.8) is 0 Å². The molecule has 2 aromatic rings. The number of aromatic nitrogens is 2. The number of rotatable bonds is 2. The molecule has 0 aliphatic carbocycles. The zero-order valence-electron chi connectivity index (χ0n) is 10.3. The summed E-state index contributed by atoms with van der Waals surface area (Å²) in [5.41, 5.74) is 0.358. The van der Waals surface area contributed by atoms with Crippen LogP contribution in [0.3, 0.4) is 0 Å². The van der Waals surface area contributed by atoms with Crippen LogP contribution in [-0.4, -0.2) is 29.9 Å². The average molecular weight is 260 g/mol. The summed E-state index contributed by atoms with van der Waals surface area (Å²) in [7, 11) is 1.41. The first-order valence-electron chi connectivity index (χ1n) is 5.81. The highest BCUT2D eigenvalue weighted by atomic mass is 16.6. The zero-order chi connectivity index (χ0) is 13.2. The monoisotopic (exact) mass is 260 g/mol. The van der Waals surface area contributed by atoms with Crippen molar-refractivity contribution >= 4 is 0 Å². The number of fused-ring (bicyclic) bond motifs is 1. The third-order valence-electron chi connectivity index (χ3n) is 2.81. The standard InChI is InChI=1S/C13H12N2O4/c1-17-12-13(16)15(5-4-14-12)9-2-3-10-11(8-9)19-7-6-18-10/h2-5,8H,6-7H2,1H3. The number of benzene rings is 1. The number of nitrogens with zero attached hydrogens (tertiary/aromatic N) is 2. The summed E-state index contributed by atoms with van der Waals surface area (Å²) in [6, 6.07) is 5.33. The Morgan fingerprint density at radius 2 is 2.05 bits per heavy atom. The maximum Gasteiger partial charge on any atom is 0.317 e. The van der Waals surface area contributed by atoms with Crippen molar-refractivity contribution in [2.24, 2.45) is 0 Å². The third-order valence-corrected chi connectivity index (χ3v) is 2.81. The topological polar surface area (TPSA) is 62.6 Å². The molecule has 0 bridgehead atoms. The molecular weight excluding hydrogens is 248 g/mol. The summed E-state index contributed by atoms with van der Waals surface area (Å²) in [5, 5.41) is 0. The summed E-state index contributed by atoms with van der Waals surface area (Å²) < 4.78 is 17.3. The Bertz CT molecular complexity index is 666. The summed E-state index contributed by atoms with van der Waals surface area (Å²) in [5.74, 6) is 1.37. The summed E-state index contributed by atoms with van der Waals surface area (Å²) in [6.45, 7) is 1.04. The van der Waals surface area contributed by atoms with Gasteiger partial charge in [-0.05, 0) is 12.1 Å². The van der Waals surface area contributed by atoms with E-state index in [1.54, 1.807) is 24.4 Å². The number of ether oxygens (including phenoxy) is 3. The van der Waals surface area contributed by atoms with Crippen LogP contribution in [0, 0.1) is 0 Å². The molecule has 6 nitrogen and oxygen atoms in total. The Kier molecular flexibility index (Phi) is 2.83. The van der Waals surface area contributed by atoms with Gasteiger partial charge in [0.15, 0.2) is 11.5 Å². The lowest BCUT2D eigenvalue weighted by Crippen LogP contribution is -2.21. The van der Waals surface area contributed by atoms with Crippen molar-refractivity contribution in [2.75, 3.05) is 20.3 Å². The van der Waals surface area contributed by atoms with Crippen molar-refractivity contribution in [3.8, 4) is 23.1 Å². The molecule has 0 N–H and O–H groups in total. The lowest BCUT2D eigenvalue weighted by atomic mass is 10.2. The molecule has 1 aliphatic heterocycles. The van der Waals surface area contributed by atoms with Crippen LogP contribution in [0.2, 0.25) is 0 Å². The number of hydrogen-bond donors (Lipinski definition) is 0. The Labute approximate surface area is 109 Å². The van der Waals surface area contributed by atoms with E-state index in [4.69, 9.17) is 14.2 Å². The summed E-state index contributed by atoms with van der Waals surface area (Å²) in [6.07, 6.45) is 3.09. The fraction of sp³-hybridized carbons (Fsp3) is 0.231. The van der Waals surface area contributed by atoms with Crippen molar-refractivity contribution in [1.29, 1.82) is 0 Å². The van der Waals surface area contributed by atoms with E-state index in [1.165, 1.54) is 17.9 Å². The molecule has 0 spiro atoms. The SMILES string of the molecule is COc1nccn(-c2ccc3c(c2)OCCO3)c1=O. The molecule has 19 heavy (non-hydrogen) atoms. The zero-order valence-corrected chi connectivity index (χ0v) is 10.3. The van der Waals surface area contributed by atoms with Gasteiger partial charge in [0.2, 0.25) is 0 Å². The van der Waals surface area contributed by atoms with E-state index < -0.39 is 0 Å². The predicted octanol–water partition coefficient (Wildman–Crippen LogP) is 1.01. The highest BCUT2D eigenvalue weighted by Crippen LogP contribution is 2.31. The maximum atomic E-state index is 12.1. The smallest absolute Gasteiger partial charge is 0.317 e. The quantitative estimate of drug-likeness (QED) is 0.806. The van der Waals surface area contributed by atoms with E-state index in [0.717, 1.165) is 0 Å². The fourth-order valence-corrected chi connectivity index (χ4v) is 1.92. The second kappa shape index (κ2) is 4.64. The molecule has 1 aromatic carbocycles. The highest BCUT2D eigenvalue weighted by Gasteiger charge is 2.13. The van der Waals surface area contributed by atoms with Gasteiger partial charge in [-0.15, -0.1) is 0 Å². The van der Waals surface area contributed by atoms with E-state index in [1.807, 2.05) is 0 Å². The lowest BCUT2D eigenvalue weighted by Gasteiger charge is -2.19. The van der Waals surface area contributed by atoms with E-state index in [0.29, 0.717) is 30.4 Å². The molecule has 0 amide bonds. The van der Waals surface area contributed by atoms with Gasteiger partial charge in [-0.1, -0.05) is 0 Å². The molecule has 1 aromatic heterocycles. The van der Waals surface area contributed by atoms with Crippen molar-refractivity contribution in [2.45, 2.75) is 0 Å². The first-order chi connectivity index (χ1) is 9.29. The van der Waals surface area contributed by atoms with Crippen LogP contribution in [0.15, 0.2) is 35.4 Å². The van der Waals surface area contributed by atoms with Crippen molar-refractivity contribution in [1.82, 2.24) is 9.55 Å². The molecule has 0 saturated carbocycles. The Morgan fingerprint density at radius 3 is 2.84 bits per heavy atom. The van der Waals surface area contributed by atoms with Gasteiger partial charge in [-0.3, -0.25) is 9.36 Å². The number of methoxy groups -OCH3 is 1. The van der Waals surface area contributed by atoms with Gasteiger partial charge >= 0.3 is 5.56 Å². The first kappa shape index (κ1) is 11.6. The minimum Gasteiger partial charge on any atom is -0.486 e. The molecule has 0 saturated heterocycles. The van der Waals surface area contributed by atoms with Gasteiger partial charge in [-0.25, -0.2) is 4.98 Å². The fourth-order valence-electron chi connectivity index (χ4n) is 1.92. The Balaban J connectivity index is 2.10. The predicted molar refractivity (Wildman–Crippen MR) is 67.4 cm³/mol. The summed E-state index contributed by atoms with van der Waals surface area (Å²) >= 11 is 0. The van der Waals surface area contributed by atoms with Crippen LogP contribution < -0.4 is 19.8 Å². The van der Waals surface area contributed by atoms with Crippen LogP contribution in [0.4, 0.5) is 0 Å². The largest absolute Gasteiger partial charge is 0.486 e. The second-order valence-electron chi connectivity index (χ2n) is 3.94. The van der Waals surface area contributed by atoms with Crippen LogP contribution in [0.5, 0.6) is 17.4 Å². The van der Waals surface area contributed by atoms with E-state index in [2.05, 4.69) is 4.98 Å². The number of hydrogen-bond acceptors (Lipinski definition) is 5. The third kappa shape index (κ3) is 2.01. The Hall–Kier alpha value is -2.50. The molecule has 3 rings (SSSR count). The van der Waals surface area contributed by atoms with Gasteiger partial charge < -0.3 is 14.2 Å². The molecular formula is C13H12N2O4. The first-order valence-corrected chi connectivity index (χ1v) is 5.81. The van der Waals surface area contributed by atoms with Crippen LogP contribution in [0.1, 0.15) is 0 Å². The highest BCUT2D eigenvalue weighted by molar-refractivity contribution is 5.49. The minimum atomic E-state index is -0.318. The van der Waals surface area contributed by atoms with Crippen molar-refractivity contribution in [3.05, 3.63) is 40.9 Å². The van der Waals surface area contributed by atoms with Crippen LogP contribution >= 0.6 is 0 Å². The van der Waals surface area contributed by atoms with Gasteiger partial charge in [-0.2, -0.15) is 0 Å². The normalized spacial score (nSPS) is 13.1. The molecule has 1 aliphatic rings. The Morgan fingerprint density at radius 1 is 1.26 bits per heavy atom. The van der Waals surface area contributed by atoms with E-state index in [9.17, 15) is 4.79 Å². The minimum absolute atomic E-state index is 0.0531. The average Bonchev–Trinajstić information content (AvgIpc) is 2.47. The molecule has 0 unspecified atom stereocenters. The summed E-state index contributed by atoms with van der Waals surface area (Å²) in [4.78, 5) is 15.9. The van der Waals surface area contributed by atoms with E-state index in [-0.39, 0.29) is 11.4 Å². The maximum absolute atomic E-state index is 12.1. The van der Waals surface area contributed by atoms with Gasteiger partial charge in [0.25, 0.3) is 5.88 Å². The molecule has 0 radical (unpaired) electrons. The van der Waals surface area contributed by atoms with Crippen LogP contribution in [0.25, 0.3) is 5.69 Å². The van der Waals surface area contributed by atoms with Gasteiger partial charge in [0.1, 0.15) is 13.2 Å².